The van der Waals surface area contributed by atoms with E-state index in [1.807, 2.05) is 13.8 Å². The SMILES string of the molecule is COc1c(O)c2oc1c(C(C)C)c2C=O. The van der Waals surface area contributed by atoms with E-state index >= 15 is 0 Å². The average Bonchev–Trinajstić information content (AvgIpc) is 2.71. The van der Waals surface area contributed by atoms with Crippen molar-refractivity contribution >= 4 is 17.5 Å². The van der Waals surface area contributed by atoms with E-state index in [0.29, 0.717) is 23.2 Å². The molecule has 2 aromatic rings. The first-order valence-corrected chi connectivity index (χ1v) is 4.71. The lowest BCUT2D eigenvalue weighted by molar-refractivity contribution is 0.112. The van der Waals surface area contributed by atoms with Gasteiger partial charge >= 0.3 is 0 Å². The van der Waals surface area contributed by atoms with E-state index in [-0.39, 0.29) is 17.3 Å². The van der Waals surface area contributed by atoms with Gasteiger partial charge in [0.15, 0.2) is 17.5 Å². The number of ether oxygens (including phenoxy) is 1. The van der Waals surface area contributed by atoms with Crippen LogP contribution in [-0.4, -0.2) is 18.5 Å². The second-order valence-electron chi connectivity index (χ2n) is 3.74. The molecule has 4 heteroatoms. The van der Waals surface area contributed by atoms with Crippen molar-refractivity contribution in [2.45, 2.75) is 19.8 Å². The highest BCUT2D eigenvalue weighted by atomic mass is 16.5. The van der Waals surface area contributed by atoms with Gasteiger partial charge in [0, 0.05) is 5.56 Å². The van der Waals surface area contributed by atoms with Crippen LogP contribution in [0.2, 0.25) is 0 Å². The molecule has 4 nitrogen and oxygen atoms in total. The van der Waals surface area contributed by atoms with Gasteiger partial charge in [0.2, 0.25) is 11.5 Å². The number of benzene rings is 1. The number of hydrogen-bond acceptors (Lipinski definition) is 4. The number of phenols is 1. The van der Waals surface area contributed by atoms with Crippen molar-refractivity contribution in [3.63, 3.8) is 0 Å². The zero-order chi connectivity index (χ0) is 11.2. The van der Waals surface area contributed by atoms with Crippen molar-refractivity contribution in [1.29, 1.82) is 0 Å². The predicted octanol–water partition coefficient (Wildman–Crippen LogP) is 2.52. The molecule has 0 saturated carbocycles. The smallest absolute Gasteiger partial charge is 0.208 e. The molecule has 0 saturated heterocycles. The lowest BCUT2D eigenvalue weighted by atomic mass is 9.97. The van der Waals surface area contributed by atoms with E-state index < -0.39 is 0 Å². The summed E-state index contributed by atoms with van der Waals surface area (Å²) in [7, 11) is 1.46. The molecule has 0 aliphatic rings. The Morgan fingerprint density at radius 3 is 2.53 bits per heavy atom. The molecule has 0 aliphatic heterocycles. The van der Waals surface area contributed by atoms with Crippen LogP contribution in [0.4, 0.5) is 0 Å². The van der Waals surface area contributed by atoms with Crippen LogP contribution in [0.1, 0.15) is 35.7 Å². The lowest BCUT2D eigenvalue weighted by Gasteiger charge is -2.07. The minimum atomic E-state index is -0.0843. The van der Waals surface area contributed by atoms with Crippen molar-refractivity contribution in [3.8, 4) is 11.5 Å². The lowest BCUT2D eigenvalue weighted by Crippen LogP contribution is -1.95. The van der Waals surface area contributed by atoms with Crippen LogP contribution < -0.4 is 4.74 Å². The van der Waals surface area contributed by atoms with Gasteiger partial charge < -0.3 is 14.3 Å². The summed E-state index contributed by atoms with van der Waals surface area (Å²) in [6, 6.07) is 0. The molecule has 0 aromatic carbocycles. The number of aromatic hydroxyl groups is 1. The van der Waals surface area contributed by atoms with E-state index in [1.54, 1.807) is 0 Å². The summed E-state index contributed by atoms with van der Waals surface area (Å²) in [5, 5.41) is 9.66. The molecular weight excluding hydrogens is 196 g/mol. The molecule has 2 heterocycles. The first-order chi connectivity index (χ1) is 7.11. The third-order valence-electron chi connectivity index (χ3n) is 2.52. The maximum absolute atomic E-state index is 10.9. The fraction of sp³-hybridized carbons (Fsp3) is 0.364. The van der Waals surface area contributed by atoms with Gasteiger partial charge in [-0.05, 0) is 5.92 Å². The van der Waals surface area contributed by atoms with Crippen LogP contribution in [0.5, 0.6) is 11.5 Å². The minimum absolute atomic E-state index is 0.0843. The number of fused-ring (bicyclic) bond motifs is 2. The second-order valence-corrected chi connectivity index (χ2v) is 3.74. The van der Waals surface area contributed by atoms with Gasteiger partial charge in [0.1, 0.15) is 0 Å². The molecular formula is C11H12O4. The van der Waals surface area contributed by atoms with E-state index in [0.717, 1.165) is 5.56 Å². The van der Waals surface area contributed by atoms with Crippen LogP contribution >= 0.6 is 0 Å². The molecule has 0 aliphatic carbocycles. The van der Waals surface area contributed by atoms with Crippen LogP contribution in [0.3, 0.4) is 0 Å². The third-order valence-corrected chi connectivity index (χ3v) is 2.52. The maximum atomic E-state index is 10.9. The highest BCUT2D eigenvalue weighted by Gasteiger charge is 2.28. The number of phenolic OH excluding ortho intramolecular Hbond substituents is 1. The molecule has 0 radical (unpaired) electrons. The number of carbonyl (C=O) groups is 1. The summed E-state index contributed by atoms with van der Waals surface area (Å²) >= 11 is 0. The fourth-order valence-electron chi connectivity index (χ4n) is 1.89. The number of methoxy groups -OCH3 is 1. The summed E-state index contributed by atoms with van der Waals surface area (Å²) in [5.74, 6) is 0.384. The monoisotopic (exact) mass is 208 g/mol. The van der Waals surface area contributed by atoms with Gasteiger partial charge in [-0.2, -0.15) is 0 Å². The summed E-state index contributed by atoms with van der Waals surface area (Å²) < 4.78 is 10.4. The summed E-state index contributed by atoms with van der Waals surface area (Å²) in [5.41, 5.74) is 1.93. The van der Waals surface area contributed by atoms with Crippen LogP contribution in [0, 0.1) is 0 Å². The molecule has 80 valence electrons. The number of hydrogen-bond donors (Lipinski definition) is 1. The zero-order valence-electron chi connectivity index (χ0n) is 8.83. The first-order valence-electron chi connectivity index (χ1n) is 4.71. The molecule has 0 unspecified atom stereocenters. The van der Waals surface area contributed by atoms with Crippen molar-refractivity contribution in [2.24, 2.45) is 0 Å². The zero-order valence-corrected chi connectivity index (χ0v) is 8.83. The highest BCUT2D eigenvalue weighted by Crippen LogP contribution is 2.48. The van der Waals surface area contributed by atoms with Crippen molar-refractivity contribution in [2.75, 3.05) is 7.11 Å². The molecule has 0 atom stereocenters. The Kier molecular flexibility index (Phi) is 2.07. The molecule has 2 rings (SSSR count). The third kappa shape index (κ3) is 1.11. The van der Waals surface area contributed by atoms with E-state index in [9.17, 15) is 9.90 Å². The second kappa shape index (κ2) is 3.15. The van der Waals surface area contributed by atoms with Crippen LogP contribution in [-0.2, 0) is 0 Å². The topological polar surface area (TPSA) is 59.7 Å². The van der Waals surface area contributed by atoms with Gasteiger partial charge in [0.25, 0.3) is 0 Å². The molecule has 0 fully saturated rings. The highest BCUT2D eigenvalue weighted by molar-refractivity contribution is 6.00. The summed E-state index contributed by atoms with van der Waals surface area (Å²) in [4.78, 5) is 10.9. The van der Waals surface area contributed by atoms with Crippen LogP contribution in [0.15, 0.2) is 4.42 Å². The Morgan fingerprint density at radius 2 is 2.07 bits per heavy atom. The Balaban J connectivity index is 2.80. The molecule has 0 amide bonds. The van der Waals surface area contributed by atoms with Gasteiger partial charge in [0.05, 0.1) is 12.7 Å². The molecule has 1 N–H and O–H groups in total. The molecule has 2 bridgehead atoms. The normalized spacial score (nSPS) is 11.5. The predicted molar refractivity (Wildman–Crippen MR) is 55.1 cm³/mol. The Hall–Kier alpha value is -1.71. The average molecular weight is 208 g/mol. The van der Waals surface area contributed by atoms with Crippen molar-refractivity contribution < 1.29 is 19.1 Å². The number of carbonyl (C=O) groups excluding carboxylic acids is 1. The molecule has 15 heavy (non-hydrogen) atoms. The van der Waals surface area contributed by atoms with Gasteiger partial charge in [-0.15, -0.1) is 0 Å². The standard InChI is InChI=1S/C11H12O4/c1-5(2)7-6(4-12)9-8(13)11(14-3)10(7)15-9/h4-5,13H,1-3H3. The van der Waals surface area contributed by atoms with E-state index in [1.165, 1.54) is 7.11 Å². The van der Waals surface area contributed by atoms with E-state index in [4.69, 9.17) is 9.15 Å². The quantitative estimate of drug-likeness (QED) is 0.787. The Bertz CT molecular complexity index is 495. The molecule has 2 aromatic heterocycles. The number of rotatable bonds is 3. The van der Waals surface area contributed by atoms with Crippen molar-refractivity contribution in [1.82, 2.24) is 0 Å². The first kappa shape index (κ1) is 9.83. The maximum Gasteiger partial charge on any atom is 0.208 e. The number of furan rings is 2. The number of aldehydes is 1. The van der Waals surface area contributed by atoms with Gasteiger partial charge in [-0.25, -0.2) is 0 Å². The van der Waals surface area contributed by atoms with Crippen LogP contribution in [0.25, 0.3) is 11.2 Å². The molecule has 0 spiro atoms. The summed E-state index contributed by atoms with van der Waals surface area (Å²) in [6.45, 7) is 3.92. The fourth-order valence-corrected chi connectivity index (χ4v) is 1.89. The van der Waals surface area contributed by atoms with Gasteiger partial charge in [-0.1, -0.05) is 13.8 Å². The largest absolute Gasteiger partial charge is 0.502 e. The Morgan fingerprint density at radius 1 is 1.40 bits per heavy atom. The van der Waals surface area contributed by atoms with E-state index in [2.05, 4.69) is 0 Å². The van der Waals surface area contributed by atoms with Crippen molar-refractivity contribution in [3.05, 3.63) is 11.1 Å². The Labute approximate surface area is 86.8 Å². The minimum Gasteiger partial charge on any atom is -0.502 e. The summed E-state index contributed by atoms with van der Waals surface area (Å²) in [6.07, 6.45) is 0.709. The van der Waals surface area contributed by atoms with Gasteiger partial charge in [-0.3, -0.25) is 4.79 Å².